The van der Waals surface area contributed by atoms with Crippen LogP contribution in [0.5, 0.6) is 0 Å². The fourth-order valence-electron chi connectivity index (χ4n) is 3.35. The lowest BCUT2D eigenvalue weighted by Crippen LogP contribution is -2.58. The number of carbonyl (C=O) groups is 3. The van der Waals surface area contributed by atoms with Crippen LogP contribution < -0.4 is 16.0 Å². The second-order valence-electron chi connectivity index (χ2n) is 7.03. The number of hydrogen-bond acceptors (Lipinski definition) is 5. The largest absolute Gasteiger partial charge is 0.335 e. The Morgan fingerprint density at radius 1 is 1.15 bits per heavy atom. The van der Waals surface area contributed by atoms with Crippen LogP contribution in [0.3, 0.4) is 0 Å². The minimum absolute atomic E-state index is 0.0563. The molecule has 1 heterocycles. The van der Waals surface area contributed by atoms with Gasteiger partial charge in [-0.3, -0.25) is 19.9 Å². The van der Waals surface area contributed by atoms with E-state index in [1.165, 1.54) is 6.21 Å². The molecule has 0 unspecified atom stereocenters. The molecule has 2 fully saturated rings. The summed E-state index contributed by atoms with van der Waals surface area (Å²) < 4.78 is 0. The van der Waals surface area contributed by atoms with Crippen LogP contribution in [0, 0.1) is 19.8 Å². The Morgan fingerprint density at radius 2 is 1.88 bits per heavy atom. The third-order valence-corrected chi connectivity index (χ3v) is 5.16. The Morgan fingerprint density at radius 3 is 2.58 bits per heavy atom. The standard InChI is InChI=1S/C19H24N4O3/c1-11-7-8-13(9-12(11)2)23-18(25)14(17(24)22-19(23)26)10-21-16-6-4-3-5-15(16)20/h7-10,14-16H,3-6,20H2,1-2H3,(H,22,24,26)/t14-,15-,16+/m1/s1. The molecule has 1 aliphatic carbocycles. The first-order chi connectivity index (χ1) is 12.4. The predicted octanol–water partition coefficient (Wildman–Crippen LogP) is 1.84. The van der Waals surface area contributed by atoms with Crippen LogP contribution >= 0.6 is 0 Å². The van der Waals surface area contributed by atoms with Crippen LogP contribution in [0.4, 0.5) is 10.5 Å². The molecule has 1 aliphatic heterocycles. The highest BCUT2D eigenvalue weighted by Gasteiger charge is 2.40. The van der Waals surface area contributed by atoms with Crippen LogP contribution in [0.25, 0.3) is 0 Å². The molecular weight excluding hydrogens is 332 g/mol. The van der Waals surface area contributed by atoms with Gasteiger partial charge in [-0.15, -0.1) is 0 Å². The molecule has 1 saturated carbocycles. The van der Waals surface area contributed by atoms with E-state index in [1.807, 2.05) is 19.9 Å². The van der Waals surface area contributed by atoms with Gasteiger partial charge in [0.05, 0.1) is 11.7 Å². The van der Waals surface area contributed by atoms with Crippen molar-refractivity contribution in [2.24, 2.45) is 16.6 Å². The van der Waals surface area contributed by atoms with Gasteiger partial charge in [0.2, 0.25) is 5.91 Å². The summed E-state index contributed by atoms with van der Waals surface area (Å²) in [5.41, 5.74) is 8.52. The fraction of sp³-hybridized carbons (Fsp3) is 0.474. The van der Waals surface area contributed by atoms with Gasteiger partial charge >= 0.3 is 6.03 Å². The van der Waals surface area contributed by atoms with Gasteiger partial charge in [-0.25, -0.2) is 9.69 Å². The number of urea groups is 1. The number of rotatable bonds is 3. The Hall–Kier alpha value is -2.54. The summed E-state index contributed by atoms with van der Waals surface area (Å²) in [6.45, 7) is 3.85. The van der Waals surface area contributed by atoms with Crippen LogP contribution in [0.15, 0.2) is 23.2 Å². The van der Waals surface area contributed by atoms with Crippen LogP contribution in [-0.2, 0) is 9.59 Å². The van der Waals surface area contributed by atoms with Crippen LogP contribution in [0.2, 0.25) is 0 Å². The van der Waals surface area contributed by atoms with Crippen LogP contribution in [-0.4, -0.2) is 36.1 Å². The lowest BCUT2D eigenvalue weighted by molar-refractivity contribution is -0.131. The van der Waals surface area contributed by atoms with Crippen molar-refractivity contribution in [2.45, 2.75) is 51.6 Å². The number of aliphatic imine (C=N–C) groups is 1. The van der Waals surface area contributed by atoms with Gasteiger partial charge in [0, 0.05) is 12.3 Å². The molecule has 3 atom stereocenters. The van der Waals surface area contributed by atoms with Gasteiger partial charge in [-0.1, -0.05) is 18.9 Å². The number of carbonyl (C=O) groups excluding carboxylic acids is 3. The predicted molar refractivity (Wildman–Crippen MR) is 99.2 cm³/mol. The first kappa shape index (κ1) is 18.3. The number of anilines is 1. The molecule has 0 aromatic heterocycles. The van der Waals surface area contributed by atoms with E-state index in [2.05, 4.69) is 10.3 Å². The van der Waals surface area contributed by atoms with Crippen LogP contribution in [0.1, 0.15) is 36.8 Å². The number of hydrogen-bond donors (Lipinski definition) is 2. The first-order valence-corrected chi connectivity index (χ1v) is 8.93. The average Bonchev–Trinajstić information content (AvgIpc) is 2.59. The van der Waals surface area contributed by atoms with E-state index in [0.29, 0.717) is 5.69 Å². The number of aryl methyl sites for hydroxylation is 2. The molecule has 1 saturated heterocycles. The Bertz CT molecular complexity index is 774. The maximum Gasteiger partial charge on any atom is 0.335 e. The lowest BCUT2D eigenvalue weighted by Gasteiger charge is -2.30. The molecule has 3 rings (SSSR count). The summed E-state index contributed by atoms with van der Waals surface area (Å²) in [4.78, 5) is 42.6. The number of amides is 4. The Balaban J connectivity index is 1.84. The third kappa shape index (κ3) is 3.53. The van der Waals surface area contributed by atoms with Gasteiger partial charge in [-0.2, -0.15) is 0 Å². The van der Waals surface area contributed by atoms with Gasteiger partial charge in [0.15, 0.2) is 5.92 Å². The minimum atomic E-state index is -1.12. The summed E-state index contributed by atoms with van der Waals surface area (Å²) in [6, 6.07) is 4.42. The zero-order valence-electron chi connectivity index (χ0n) is 15.1. The fourth-order valence-corrected chi connectivity index (χ4v) is 3.35. The molecular formula is C19H24N4O3. The number of benzene rings is 1. The highest BCUT2D eigenvalue weighted by Crippen LogP contribution is 2.24. The quantitative estimate of drug-likeness (QED) is 0.637. The van der Waals surface area contributed by atoms with Crippen molar-refractivity contribution in [3.8, 4) is 0 Å². The van der Waals surface area contributed by atoms with E-state index < -0.39 is 23.8 Å². The second-order valence-corrected chi connectivity index (χ2v) is 7.03. The van der Waals surface area contributed by atoms with Crippen molar-refractivity contribution in [3.05, 3.63) is 29.3 Å². The Kier molecular flexibility index (Phi) is 5.18. The van der Waals surface area contributed by atoms with Gasteiger partial charge in [0.25, 0.3) is 5.91 Å². The Labute approximate surface area is 152 Å². The van der Waals surface area contributed by atoms with Crippen molar-refractivity contribution in [2.75, 3.05) is 4.90 Å². The SMILES string of the molecule is Cc1ccc(N2C(=O)NC(=O)[C@@H](C=N[C@H]3CCCC[C@H]3N)C2=O)cc1C. The van der Waals surface area contributed by atoms with Crippen molar-refractivity contribution in [3.63, 3.8) is 0 Å². The van der Waals surface area contributed by atoms with Gasteiger partial charge in [0.1, 0.15) is 0 Å². The molecule has 7 nitrogen and oxygen atoms in total. The van der Waals surface area contributed by atoms with E-state index in [-0.39, 0.29) is 12.1 Å². The summed E-state index contributed by atoms with van der Waals surface area (Å²) in [5, 5.41) is 2.25. The number of nitrogens with zero attached hydrogens (tertiary/aromatic N) is 2. The topological polar surface area (TPSA) is 105 Å². The van der Waals surface area contributed by atoms with Crippen molar-refractivity contribution in [1.29, 1.82) is 0 Å². The van der Waals surface area contributed by atoms with E-state index in [9.17, 15) is 14.4 Å². The molecule has 4 amide bonds. The number of barbiturate groups is 1. The molecule has 0 radical (unpaired) electrons. The second kappa shape index (κ2) is 7.37. The van der Waals surface area contributed by atoms with Gasteiger partial charge in [-0.05, 0) is 49.9 Å². The summed E-state index contributed by atoms with van der Waals surface area (Å²) in [7, 11) is 0. The zero-order chi connectivity index (χ0) is 18.8. The smallest absolute Gasteiger partial charge is 0.326 e. The monoisotopic (exact) mass is 356 g/mol. The highest BCUT2D eigenvalue weighted by atomic mass is 16.2. The van der Waals surface area contributed by atoms with Crippen molar-refractivity contribution < 1.29 is 14.4 Å². The first-order valence-electron chi connectivity index (χ1n) is 8.93. The molecule has 3 N–H and O–H groups in total. The maximum atomic E-state index is 12.8. The average molecular weight is 356 g/mol. The lowest BCUT2D eigenvalue weighted by atomic mass is 9.91. The molecule has 7 heteroatoms. The summed E-state index contributed by atoms with van der Waals surface area (Å²) in [5.74, 6) is -2.35. The summed E-state index contributed by atoms with van der Waals surface area (Å²) >= 11 is 0. The normalized spacial score (nSPS) is 27.1. The van der Waals surface area contributed by atoms with Gasteiger partial charge < -0.3 is 5.73 Å². The minimum Gasteiger partial charge on any atom is -0.326 e. The molecule has 0 bridgehead atoms. The van der Waals surface area contributed by atoms with E-state index in [0.717, 1.165) is 41.7 Å². The molecule has 26 heavy (non-hydrogen) atoms. The maximum absolute atomic E-state index is 12.8. The number of nitrogens with two attached hydrogens (primary N) is 1. The molecule has 0 spiro atoms. The van der Waals surface area contributed by atoms with E-state index >= 15 is 0 Å². The van der Waals surface area contributed by atoms with E-state index in [1.54, 1.807) is 12.1 Å². The molecule has 1 aromatic rings. The number of imide groups is 2. The van der Waals surface area contributed by atoms with E-state index in [4.69, 9.17) is 5.73 Å². The number of nitrogens with one attached hydrogen (secondary N) is 1. The summed E-state index contributed by atoms with van der Waals surface area (Å²) in [6.07, 6.45) is 5.20. The van der Waals surface area contributed by atoms with Crippen molar-refractivity contribution in [1.82, 2.24) is 5.32 Å². The highest BCUT2D eigenvalue weighted by molar-refractivity contribution is 6.32. The van der Waals surface area contributed by atoms with Crippen molar-refractivity contribution >= 4 is 29.7 Å². The molecule has 138 valence electrons. The zero-order valence-corrected chi connectivity index (χ0v) is 15.1. The molecule has 1 aromatic carbocycles. The third-order valence-electron chi connectivity index (χ3n) is 5.16. The molecule has 2 aliphatic rings.